The molecule has 1 amide bonds. The lowest BCUT2D eigenvalue weighted by Crippen LogP contribution is -2.33. The van der Waals surface area contributed by atoms with Crippen molar-refractivity contribution in [2.75, 3.05) is 18.2 Å². The molecule has 132 valence electrons. The molecule has 25 heavy (non-hydrogen) atoms. The molecule has 0 saturated heterocycles. The number of anilines is 1. The van der Waals surface area contributed by atoms with Gasteiger partial charge in [-0.05, 0) is 25.1 Å². The molecule has 0 aliphatic carbocycles. The van der Waals surface area contributed by atoms with Crippen LogP contribution in [0.2, 0.25) is 5.02 Å². The lowest BCUT2D eigenvalue weighted by molar-refractivity contribution is -0.140. The van der Waals surface area contributed by atoms with E-state index in [0.717, 1.165) is 4.90 Å². The highest BCUT2D eigenvalue weighted by Gasteiger charge is 2.39. The molecule has 5 nitrogen and oxygen atoms in total. The maximum absolute atomic E-state index is 13.0. The molecule has 0 unspecified atom stereocenters. The molecule has 0 bridgehead atoms. The highest BCUT2D eigenvalue weighted by atomic mass is 35.5. The van der Waals surface area contributed by atoms with E-state index in [1.807, 2.05) is 0 Å². The van der Waals surface area contributed by atoms with E-state index in [9.17, 15) is 18.0 Å². The van der Waals surface area contributed by atoms with Crippen molar-refractivity contribution in [1.82, 2.24) is 4.98 Å². The summed E-state index contributed by atoms with van der Waals surface area (Å²) in [6, 6.07) is 7.41. The SMILES string of the molecule is CCOCN(C(=O)c1cccc(Cl)c1)c1nc(C(F)(F)F)c(C#N)s1. The molecule has 0 aliphatic heterocycles. The van der Waals surface area contributed by atoms with Gasteiger partial charge in [0, 0.05) is 17.2 Å². The third kappa shape index (κ3) is 4.48. The van der Waals surface area contributed by atoms with E-state index in [4.69, 9.17) is 21.6 Å². The summed E-state index contributed by atoms with van der Waals surface area (Å²) in [5.41, 5.74) is -1.16. The van der Waals surface area contributed by atoms with Gasteiger partial charge in [0.25, 0.3) is 5.91 Å². The van der Waals surface area contributed by atoms with Crippen LogP contribution >= 0.6 is 22.9 Å². The van der Waals surface area contributed by atoms with Crippen LogP contribution in [0, 0.1) is 11.3 Å². The van der Waals surface area contributed by atoms with Gasteiger partial charge in [-0.2, -0.15) is 18.4 Å². The fraction of sp³-hybridized carbons (Fsp3) is 0.267. The van der Waals surface area contributed by atoms with E-state index in [2.05, 4.69) is 4.98 Å². The molecule has 0 radical (unpaired) electrons. The largest absolute Gasteiger partial charge is 0.435 e. The van der Waals surface area contributed by atoms with Gasteiger partial charge < -0.3 is 4.74 Å². The number of hydrogen-bond donors (Lipinski definition) is 0. The zero-order chi connectivity index (χ0) is 18.6. The third-order valence-electron chi connectivity index (χ3n) is 2.96. The molecule has 0 saturated carbocycles. The van der Waals surface area contributed by atoms with Crippen molar-refractivity contribution in [3.05, 3.63) is 45.4 Å². The highest BCUT2D eigenvalue weighted by Crippen LogP contribution is 2.37. The standard InChI is InChI=1S/C15H11ClF3N3O2S/c1-2-24-8-22(13(23)9-4-3-5-10(16)6-9)14-21-12(15(17,18)19)11(7-20)25-14/h3-6H,2,8H2,1H3. The summed E-state index contributed by atoms with van der Waals surface area (Å²) < 4.78 is 44.1. The summed E-state index contributed by atoms with van der Waals surface area (Å²) in [5, 5.41) is 8.94. The third-order valence-corrected chi connectivity index (χ3v) is 4.18. The van der Waals surface area contributed by atoms with Crippen molar-refractivity contribution in [2.24, 2.45) is 0 Å². The van der Waals surface area contributed by atoms with E-state index < -0.39 is 22.7 Å². The van der Waals surface area contributed by atoms with Gasteiger partial charge in [0.15, 0.2) is 10.8 Å². The summed E-state index contributed by atoms with van der Waals surface area (Å²) in [6.45, 7) is 1.60. The number of aromatic nitrogens is 1. The Bertz CT molecular complexity index is 817. The van der Waals surface area contributed by atoms with E-state index in [1.54, 1.807) is 13.0 Å². The van der Waals surface area contributed by atoms with Crippen LogP contribution in [0.25, 0.3) is 0 Å². The van der Waals surface area contributed by atoms with Crippen molar-refractivity contribution < 1.29 is 22.7 Å². The quantitative estimate of drug-likeness (QED) is 0.714. The maximum atomic E-state index is 13.0. The van der Waals surface area contributed by atoms with Gasteiger partial charge in [-0.3, -0.25) is 9.69 Å². The topological polar surface area (TPSA) is 66.2 Å². The maximum Gasteiger partial charge on any atom is 0.435 e. The monoisotopic (exact) mass is 389 g/mol. The molecular formula is C15H11ClF3N3O2S. The zero-order valence-electron chi connectivity index (χ0n) is 12.8. The minimum Gasteiger partial charge on any atom is -0.361 e. The Kier molecular flexibility index (Phi) is 6.00. The number of ether oxygens (including phenoxy) is 1. The summed E-state index contributed by atoms with van der Waals surface area (Å²) in [4.78, 5) is 16.4. The van der Waals surface area contributed by atoms with E-state index >= 15 is 0 Å². The molecule has 0 atom stereocenters. The second-order valence-corrected chi connectivity index (χ2v) is 6.06. The molecule has 0 aliphatic rings. The van der Waals surface area contributed by atoms with Crippen LogP contribution in [0.1, 0.15) is 27.9 Å². The Morgan fingerprint density at radius 1 is 1.48 bits per heavy atom. The number of thiazole rings is 1. The molecular weight excluding hydrogens is 379 g/mol. The minimum absolute atomic E-state index is 0.162. The smallest absolute Gasteiger partial charge is 0.361 e. The molecule has 1 heterocycles. The van der Waals surface area contributed by atoms with Crippen LogP contribution in [-0.2, 0) is 10.9 Å². The van der Waals surface area contributed by atoms with Gasteiger partial charge in [-0.1, -0.05) is 29.0 Å². The number of nitriles is 1. The fourth-order valence-corrected chi connectivity index (χ4v) is 2.91. The van der Waals surface area contributed by atoms with Crippen molar-refractivity contribution in [3.63, 3.8) is 0 Å². The first-order valence-corrected chi connectivity index (χ1v) is 8.10. The number of carbonyl (C=O) groups excluding carboxylic acids is 1. The Morgan fingerprint density at radius 2 is 2.20 bits per heavy atom. The summed E-state index contributed by atoms with van der Waals surface area (Å²) in [5.74, 6) is -0.636. The predicted molar refractivity (Wildman–Crippen MR) is 86.6 cm³/mol. The molecule has 10 heteroatoms. The van der Waals surface area contributed by atoms with Crippen molar-refractivity contribution in [3.8, 4) is 6.07 Å². The van der Waals surface area contributed by atoms with Gasteiger partial charge in [0.1, 0.15) is 17.7 Å². The van der Waals surface area contributed by atoms with Gasteiger partial charge in [0.2, 0.25) is 0 Å². The normalized spacial score (nSPS) is 11.2. The van der Waals surface area contributed by atoms with Crippen LogP contribution in [0.4, 0.5) is 18.3 Å². The predicted octanol–water partition coefficient (Wildman–Crippen LogP) is 4.33. The van der Waals surface area contributed by atoms with Gasteiger partial charge in [0.05, 0.1) is 0 Å². The summed E-state index contributed by atoms with van der Waals surface area (Å²) in [6.07, 6.45) is -4.80. The molecule has 0 fully saturated rings. The van der Waals surface area contributed by atoms with Gasteiger partial charge in [-0.25, -0.2) is 4.98 Å². The molecule has 0 N–H and O–H groups in total. The van der Waals surface area contributed by atoms with Crippen LogP contribution in [0.3, 0.4) is 0 Å². The van der Waals surface area contributed by atoms with Crippen LogP contribution < -0.4 is 4.90 Å². The number of hydrogen-bond acceptors (Lipinski definition) is 5. The van der Waals surface area contributed by atoms with E-state index in [0.29, 0.717) is 16.4 Å². The lowest BCUT2D eigenvalue weighted by atomic mass is 10.2. The van der Waals surface area contributed by atoms with Crippen LogP contribution in [-0.4, -0.2) is 24.2 Å². The number of alkyl halides is 3. The first kappa shape index (κ1) is 19.2. The number of benzene rings is 1. The average Bonchev–Trinajstić information content (AvgIpc) is 2.99. The van der Waals surface area contributed by atoms with E-state index in [-0.39, 0.29) is 24.0 Å². The number of amides is 1. The second-order valence-electron chi connectivity index (χ2n) is 4.65. The van der Waals surface area contributed by atoms with Crippen LogP contribution in [0.5, 0.6) is 0 Å². The van der Waals surface area contributed by atoms with Gasteiger partial charge in [-0.15, -0.1) is 0 Å². The molecule has 1 aromatic heterocycles. The van der Waals surface area contributed by atoms with Crippen molar-refractivity contribution in [1.29, 1.82) is 5.26 Å². The van der Waals surface area contributed by atoms with Crippen molar-refractivity contribution in [2.45, 2.75) is 13.1 Å². The number of nitrogens with zero attached hydrogens (tertiary/aromatic N) is 3. The molecule has 0 spiro atoms. The van der Waals surface area contributed by atoms with Crippen molar-refractivity contribution >= 4 is 34.0 Å². The molecule has 1 aromatic carbocycles. The Balaban J connectivity index is 2.46. The van der Waals surface area contributed by atoms with E-state index in [1.165, 1.54) is 24.3 Å². The Labute approximate surface area is 150 Å². The first-order valence-electron chi connectivity index (χ1n) is 6.91. The second kappa shape index (κ2) is 7.82. The number of carbonyl (C=O) groups is 1. The van der Waals surface area contributed by atoms with Crippen LogP contribution in [0.15, 0.2) is 24.3 Å². The first-order chi connectivity index (χ1) is 11.8. The minimum atomic E-state index is -4.80. The summed E-state index contributed by atoms with van der Waals surface area (Å²) in [7, 11) is 0. The number of halogens is 4. The molecule has 2 aromatic rings. The van der Waals surface area contributed by atoms with Gasteiger partial charge >= 0.3 is 6.18 Å². The Hall–Kier alpha value is -2.15. The summed E-state index contributed by atoms with van der Waals surface area (Å²) >= 11 is 6.32. The zero-order valence-corrected chi connectivity index (χ0v) is 14.4. The lowest BCUT2D eigenvalue weighted by Gasteiger charge is -2.19. The average molecular weight is 390 g/mol. The highest BCUT2D eigenvalue weighted by molar-refractivity contribution is 7.16. The fourth-order valence-electron chi connectivity index (χ4n) is 1.85. The number of rotatable bonds is 5. The molecule has 2 rings (SSSR count). The Morgan fingerprint density at radius 3 is 2.72 bits per heavy atom.